The highest BCUT2D eigenvalue weighted by Gasteiger charge is 2.04. The van der Waals surface area contributed by atoms with Crippen molar-refractivity contribution in [1.29, 1.82) is 5.26 Å². The maximum absolute atomic E-state index is 12.0. The van der Waals surface area contributed by atoms with Gasteiger partial charge in [-0.25, -0.2) is 4.68 Å². The molecular formula is C18H20ClN5OS. The molecule has 0 amide bonds. The van der Waals surface area contributed by atoms with Gasteiger partial charge in [0, 0.05) is 29.7 Å². The topological polar surface area (TPSA) is 83.1 Å². The Morgan fingerprint density at radius 2 is 2.04 bits per heavy atom. The molecule has 0 radical (unpaired) electrons. The van der Waals surface area contributed by atoms with Crippen LogP contribution in [-0.4, -0.2) is 27.7 Å². The maximum Gasteiger partial charge on any atom is 0.266 e. The number of nitrogens with zero attached hydrogens (tertiary/aromatic N) is 4. The van der Waals surface area contributed by atoms with Crippen molar-refractivity contribution in [3.63, 3.8) is 0 Å². The molecule has 26 heavy (non-hydrogen) atoms. The first kappa shape index (κ1) is 20.0. The molecule has 2 rings (SSSR count). The molecule has 0 aliphatic carbocycles. The van der Waals surface area contributed by atoms with Crippen LogP contribution < -0.4 is 10.9 Å². The van der Waals surface area contributed by atoms with E-state index in [-0.39, 0.29) is 5.56 Å². The number of aromatic nitrogens is 2. The molecule has 6 nitrogen and oxygen atoms in total. The number of hydrogen-bond donors (Lipinski definition) is 1. The smallest absolute Gasteiger partial charge is 0.266 e. The van der Waals surface area contributed by atoms with Gasteiger partial charge in [0.2, 0.25) is 0 Å². The van der Waals surface area contributed by atoms with Crippen molar-refractivity contribution in [2.45, 2.75) is 25.8 Å². The van der Waals surface area contributed by atoms with E-state index in [1.807, 2.05) is 24.6 Å². The summed E-state index contributed by atoms with van der Waals surface area (Å²) >= 11 is 7.32. The van der Waals surface area contributed by atoms with E-state index in [2.05, 4.69) is 15.4 Å². The Morgan fingerprint density at radius 3 is 2.73 bits per heavy atom. The molecule has 0 fully saturated rings. The van der Waals surface area contributed by atoms with Crippen LogP contribution in [0.3, 0.4) is 0 Å². The molecular weight excluding hydrogens is 370 g/mol. The molecule has 0 aliphatic rings. The summed E-state index contributed by atoms with van der Waals surface area (Å²) < 4.78 is 1.50. The summed E-state index contributed by atoms with van der Waals surface area (Å²) in [5.41, 5.74) is 1.56. The van der Waals surface area contributed by atoms with Gasteiger partial charge in [0.05, 0.1) is 5.69 Å². The van der Waals surface area contributed by atoms with Crippen LogP contribution in [-0.2, 0) is 6.54 Å². The van der Waals surface area contributed by atoms with E-state index in [1.165, 1.54) is 16.4 Å². The van der Waals surface area contributed by atoms with Gasteiger partial charge in [-0.2, -0.15) is 10.4 Å². The van der Waals surface area contributed by atoms with Crippen molar-refractivity contribution in [2.24, 2.45) is 4.99 Å². The monoisotopic (exact) mass is 389 g/mol. The summed E-state index contributed by atoms with van der Waals surface area (Å²) in [7, 11) is 0. The van der Waals surface area contributed by atoms with Crippen LogP contribution in [0.4, 0.5) is 0 Å². The third-order valence-corrected chi connectivity index (χ3v) is 4.52. The normalized spacial score (nSPS) is 11.2. The van der Waals surface area contributed by atoms with E-state index >= 15 is 0 Å². The van der Waals surface area contributed by atoms with Crippen molar-refractivity contribution in [2.75, 3.05) is 12.8 Å². The molecule has 2 aromatic rings. The molecule has 8 heteroatoms. The highest BCUT2D eigenvalue weighted by molar-refractivity contribution is 8.13. The molecule has 136 valence electrons. The van der Waals surface area contributed by atoms with Crippen LogP contribution in [0.1, 0.15) is 19.3 Å². The zero-order valence-electron chi connectivity index (χ0n) is 14.5. The molecule has 1 heterocycles. The second kappa shape index (κ2) is 10.6. The van der Waals surface area contributed by atoms with Crippen molar-refractivity contribution >= 4 is 28.5 Å². The van der Waals surface area contributed by atoms with E-state index in [4.69, 9.17) is 16.9 Å². The van der Waals surface area contributed by atoms with Gasteiger partial charge in [-0.15, -0.1) is 0 Å². The van der Waals surface area contributed by atoms with Crippen LogP contribution in [0.5, 0.6) is 0 Å². The summed E-state index contributed by atoms with van der Waals surface area (Å²) in [6.45, 7) is 1.22. The molecule has 0 spiro atoms. The van der Waals surface area contributed by atoms with Crippen LogP contribution in [0.25, 0.3) is 11.3 Å². The third-order valence-electron chi connectivity index (χ3n) is 3.65. The summed E-state index contributed by atoms with van der Waals surface area (Å²) in [6, 6.07) is 10.6. The molecule has 0 atom stereocenters. The lowest BCUT2D eigenvalue weighted by atomic mass is 10.1. The highest BCUT2D eigenvalue weighted by Crippen LogP contribution is 2.18. The van der Waals surface area contributed by atoms with E-state index in [0.717, 1.165) is 30.5 Å². The Morgan fingerprint density at radius 1 is 1.27 bits per heavy atom. The van der Waals surface area contributed by atoms with Crippen molar-refractivity contribution in [3.8, 4) is 17.5 Å². The summed E-state index contributed by atoms with van der Waals surface area (Å²) in [5, 5.41) is 16.8. The number of unbranched alkanes of at least 4 members (excludes halogenated alkanes) is 2. The lowest BCUT2D eigenvalue weighted by molar-refractivity contribution is 0.525. The van der Waals surface area contributed by atoms with Gasteiger partial charge >= 0.3 is 0 Å². The average Bonchev–Trinajstić information content (AvgIpc) is 2.65. The zero-order chi connectivity index (χ0) is 18.8. The number of nitrogens with one attached hydrogen (secondary N) is 1. The minimum absolute atomic E-state index is 0.108. The fraction of sp³-hybridized carbons (Fsp3) is 0.333. The highest BCUT2D eigenvalue weighted by atomic mass is 35.5. The van der Waals surface area contributed by atoms with Crippen LogP contribution >= 0.6 is 23.4 Å². The van der Waals surface area contributed by atoms with E-state index in [0.29, 0.717) is 23.3 Å². The average molecular weight is 390 g/mol. The largest absolute Gasteiger partial charge is 0.272 e. The van der Waals surface area contributed by atoms with Crippen molar-refractivity contribution < 1.29 is 0 Å². The Hall–Kier alpha value is -2.30. The molecule has 0 unspecified atom stereocenters. The SMILES string of the molecule is CS/C(=N\CCCCCn1nc(-c2ccc(Cl)cc2)ccc1=O)NC#N. The Labute approximate surface area is 161 Å². The van der Waals surface area contributed by atoms with E-state index in [9.17, 15) is 4.79 Å². The molecule has 1 aromatic heterocycles. The van der Waals surface area contributed by atoms with Gasteiger partial charge in [-0.05, 0) is 43.7 Å². The van der Waals surface area contributed by atoms with Crippen LogP contribution in [0.2, 0.25) is 5.02 Å². The summed E-state index contributed by atoms with van der Waals surface area (Å²) in [5.74, 6) is 0. The van der Waals surface area contributed by atoms with Crippen LogP contribution in [0, 0.1) is 11.5 Å². The first-order valence-electron chi connectivity index (χ1n) is 8.21. The Kier molecular flexibility index (Phi) is 8.19. The number of aliphatic imine (C=N–C) groups is 1. The van der Waals surface area contributed by atoms with Crippen molar-refractivity contribution in [1.82, 2.24) is 15.1 Å². The number of halogens is 1. The molecule has 1 aromatic carbocycles. The lowest BCUT2D eigenvalue weighted by Gasteiger charge is -2.07. The zero-order valence-corrected chi connectivity index (χ0v) is 16.1. The number of thioether (sulfide) groups is 1. The van der Waals surface area contributed by atoms with Gasteiger partial charge in [0.1, 0.15) is 0 Å². The van der Waals surface area contributed by atoms with Crippen LogP contribution in [0.15, 0.2) is 46.2 Å². The van der Waals surface area contributed by atoms with Gasteiger partial charge in [0.15, 0.2) is 11.4 Å². The number of rotatable bonds is 7. The Bertz CT molecular complexity index is 842. The fourth-order valence-electron chi connectivity index (χ4n) is 2.32. The molecule has 1 N–H and O–H groups in total. The molecule has 0 bridgehead atoms. The first-order valence-corrected chi connectivity index (χ1v) is 9.82. The quantitative estimate of drug-likeness (QED) is 0.257. The maximum atomic E-state index is 12.0. The minimum Gasteiger partial charge on any atom is -0.272 e. The number of hydrogen-bond acceptors (Lipinski definition) is 5. The number of nitriles is 1. The molecule has 0 saturated heterocycles. The molecule has 0 saturated carbocycles. The van der Waals surface area contributed by atoms with Crippen molar-refractivity contribution in [3.05, 3.63) is 51.8 Å². The summed E-state index contributed by atoms with van der Waals surface area (Å²) in [6.07, 6.45) is 6.39. The minimum atomic E-state index is -0.108. The van der Waals surface area contributed by atoms with Gasteiger partial charge in [0.25, 0.3) is 5.56 Å². The predicted octanol–water partition coefficient (Wildman–Crippen LogP) is 3.52. The van der Waals surface area contributed by atoms with E-state index < -0.39 is 0 Å². The standard InChI is InChI=1S/C18H20ClN5OS/c1-26-18(22-13-20)21-11-3-2-4-12-24-17(25)10-9-16(23-24)14-5-7-15(19)8-6-14/h5-10H,2-4,11-12H2,1H3,(H,21,22). The predicted molar refractivity (Wildman–Crippen MR) is 107 cm³/mol. The second-order valence-corrected chi connectivity index (χ2v) is 6.71. The number of benzene rings is 1. The third kappa shape index (κ3) is 6.21. The second-order valence-electron chi connectivity index (χ2n) is 5.48. The van der Waals surface area contributed by atoms with Gasteiger partial charge in [-0.3, -0.25) is 15.1 Å². The number of aryl methyl sites for hydroxylation is 1. The Balaban J connectivity index is 1.88. The van der Waals surface area contributed by atoms with E-state index in [1.54, 1.807) is 24.3 Å². The first-order chi connectivity index (χ1) is 12.6. The lowest BCUT2D eigenvalue weighted by Crippen LogP contribution is -2.22. The fourth-order valence-corrected chi connectivity index (χ4v) is 2.81. The van der Waals surface area contributed by atoms with Gasteiger partial charge in [-0.1, -0.05) is 35.5 Å². The summed E-state index contributed by atoms with van der Waals surface area (Å²) in [4.78, 5) is 16.3. The number of amidine groups is 1. The van der Waals surface area contributed by atoms with Gasteiger partial charge < -0.3 is 0 Å². The molecule has 0 aliphatic heterocycles.